The minimum absolute atomic E-state index is 0.0180. The lowest BCUT2D eigenvalue weighted by Gasteiger charge is -2.14. The summed E-state index contributed by atoms with van der Waals surface area (Å²) in [6, 6.07) is 4.65. The molecule has 1 heterocycles. The molecule has 0 saturated carbocycles. The maximum absolute atomic E-state index is 11.8. The lowest BCUT2D eigenvalue weighted by atomic mass is 10.1. The summed E-state index contributed by atoms with van der Waals surface area (Å²) in [5.74, 6) is -0.409. The van der Waals surface area contributed by atoms with Gasteiger partial charge in [-0.15, -0.1) is 0 Å². The number of thioether (sulfide) groups is 1. The molecule has 7 heteroatoms. The molecular formula is C14H16N2O4S. The fraction of sp³-hybridized carbons (Fsp3) is 0.357. The monoisotopic (exact) mass is 308 g/mol. The molecule has 1 aromatic rings. The van der Waals surface area contributed by atoms with E-state index in [0.717, 1.165) is 5.75 Å². The number of carboxylic acids is 1. The molecule has 0 radical (unpaired) electrons. The molecule has 0 aliphatic carbocycles. The third-order valence-electron chi connectivity index (χ3n) is 3.19. The molecule has 1 aromatic carbocycles. The number of hydrogen-bond acceptors (Lipinski definition) is 4. The van der Waals surface area contributed by atoms with Crippen molar-refractivity contribution < 1.29 is 19.5 Å². The Hall–Kier alpha value is -2.02. The van der Waals surface area contributed by atoms with Crippen LogP contribution < -0.4 is 5.32 Å². The van der Waals surface area contributed by atoms with Crippen LogP contribution in [0.2, 0.25) is 0 Å². The quantitative estimate of drug-likeness (QED) is 0.870. The molecule has 0 unspecified atom stereocenters. The van der Waals surface area contributed by atoms with Crippen molar-refractivity contribution in [2.45, 2.75) is 13.3 Å². The molecule has 2 rings (SSSR count). The fourth-order valence-electron chi connectivity index (χ4n) is 2.07. The van der Waals surface area contributed by atoms with Crippen LogP contribution in [0.1, 0.15) is 22.3 Å². The summed E-state index contributed by atoms with van der Waals surface area (Å²) >= 11 is 1.27. The van der Waals surface area contributed by atoms with E-state index < -0.39 is 5.97 Å². The lowest BCUT2D eigenvalue weighted by molar-refractivity contribution is -0.116. The van der Waals surface area contributed by atoms with Crippen LogP contribution in [0.3, 0.4) is 0 Å². The summed E-state index contributed by atoms with van der Waals surface area (Å²) in [4.78, 5) is 35.8. The van der Waals surface area contributed by atoms with E-state index in [1.807, 2.05) is 0 Å². The Labute approximate surface area is 126 Å². The van der Waals surface area contributed by atoms with Gasteiger partial charge in [0.1, 0.15) is 0 Å². The van der Waals surface area contributed by atoms with E-state index in [1.165, 1.54) is 17.8 Å². The summed E-state index contributed by atoms with van der Waals surface area (Å²) in [5.41, 5.74) is 1.36. The smallest absolute Gasteiger partial charge is 0.335 e. The zero-order valence-corrected chi connectivity index (χ0v) is 12.4. The zero-order valence-electron chi connectivity index (χ0n) is 11.6. The second-order valence-electron chi connectivity index (χ2n) is 4.73. The van der Waals surface area contributed by atoms with Gasteiger partial charge in [-0.3, -0.25) is 9.59 Å². The van der Waals surface area contributed by atoms with Gasteiger partial charge < -0.3 is 15.3 Å². The number of anilines is 1. The first kappa shape index (κ1) is 15.4. The number of nitrogens with zero attached hydrogens (tertiary/aromatic N) is 1. The van der Waals surface area contributed by atoms with Gasteiger partial charge in [0.15, 0.2) is 0 Å². The number of amides is 2. The van der Waals surface area contributed by atoms with Crippen LogP contribution in [-0.4, -0.2) is 46.0 Å². The zero-order chi connectivity index (χ0) is 15.4. The Morgan fingerprint density at radius 2 is 2.19 bits per heavy atom. The second-order valence-corrected chi connectivity index (χ2v) is 5.78. The van der Waals surface area contributed by atoms with Crippen molar-refractivity contribution in [3.8, 4) is 0 Å². The highest BCUT2D eigenvalue weighted by Crippen LogP contribution is 2.18. The van der Waals surface area contributed by atoms with Gasteiger partial charge >= 0.3 is 5.97 Å². The SMILES string of the molecule is Cc1cc(NC(=O)CCN2CCSC2=O)ccc1C(=O)O. The first-order chi connectivity index (χ1) is 9.97. The van der Waals surface area contributed by atoms with Gasteiger partial charge in [0.05, 0.1) is 5.56 Å². The van der Waals surface area contributed by atoms with E-state index in [1.54, 1.807) is 24.0 Å². The second kappa shape index (κ2) is 6.62. The Bertz CT molecular complexity index is 588. The third kappa shape index (κ3) is 3.98. The van der Waals surface area contributed by atoms with Crippen molar-refractivity contribution in [3.05, 3.63) is 29.3 Å². The number of carbonyl (C=O) groups excluding carboxylic acids is 2. The topological polar surface area (TPSA) is 86.7 Å². The van der Waals surface area contributed by atoms with Crippen molar-refractivity contribution in [2.24, 2.45) is 0 Å². The van der Waals surface area contributed by atoms with Crippen molar-refractivity contribution in [2.75, 3.05) is 24.2 Å². The average Bonchev–Trinajstić information content (AvgIpc) is 2.81. The molecule has 2 amide bonds. The third-order valence-corrected chi connectivity index (χ3v) is 4.09. The Kier molecular flexibility index (Phi) is 4.85. The lowest BCUT2D eigenvalue weighted by Crippen LogP contribution is -2.27. The van der Waals surface area contributed by atoms with E-state index in [9.17, 15) is 14.4 Å². The summed E-state index contributed by atoms with van der Waals surface area (Å²) in [5, 5.41) is 11.7. The van der Waals surface area contributed by atoms with E-state index in [2.05, 4.69) is 5.32 Å². The molecule has 1 aliphatic heterocycles. The minimum atomic E-state index is -0.990. The number of aryl methyl sites for hydroxylation is 1. The molecule has 0 bridgehead atoms. The van der Waals surface area contributed by atoms with Crippen LogP contribution >= 0.6 is 11.8 Å². The number of benzene rings is 1. The Morgan fingerprint density at radius 1 is 1.43 bits per heavy atom. The van der Waals surface area contributed by atoms with E-state index in [0.29, 0.717) is 24.3 Å². The van der Waals surface area contributed by atoms with Crippen LogP contribution in [0.15, 0.2) is 18.2 Å². The van der Waals surface area contributed by atoms with Crippen molar-refractivity contribution in [1.82, 2.24) is 4.90 Å². The largest absolute Gasteiger partial charge is 0.478 e. The van der Waals surface area contributed by atoms with Gasteiger partial charge in [0.2, 0.25) is 5.91 Å². The van der Waals surface area contributed by atoms with Gasteiger partial charge in [-0.1, -0.05) is 11.8 Å². The van der Waals surface area contributed by atoms with E-state index in [-0.39, 0.29) is 23.1 Å². The van der Waals surface area contributed by atoms with Crippen LogP contribution in [0, 0.1) is 6.92 Å². The highest BCUT2D eigenvalue weighted by molar-refractivity contribution is 8.13. The van der Waals surface area contributed by atoms with Crippen LogP contribution in [0.4, 0.5) is 10.5 Å². The summed E-state index contributed by atoms with van der Waals surface area (Å²) < 4.78 is 0. The minimum Gasteiger partial charge on any atom is -0.478 e. The molecule has 21 heavy (non-hydrogen) atoms. The molecule has 6 nitrogen and oxygen atoms in total. The molecule has 1 saturated heterocycles. The normalized spacial score (nSPS) is 14.3. The number of carboxylic acid groups (broad SMARTS) is 1. The van der Waals surface area contributed by atoms with Gasteiger partial charge in [0, 0.05) is 31.0 Å². The van der Waals surface area contributed by atoms with Crippen LogP contribution in [0.5, 0.6) is 0 Å². The number of hydrogen-bond donors (Lipinski definition) is 2. The molecular weight excluding hydrogens is 292 g/mol. The average molecular weight is 308 g/mol. The Morgan fingerprint density at radius 3 is 2.76 bits per heavy atom. The summed E-state index contributed by atoms with van der Waals surface area (Å²) in [7, 11) is 0. The van der Waals surface area contributed by atoms with Crippen molar-refractivity contribution >= 4 is 34.6 Å². The molecule has 1 fully saturated rings. The molecule has 0 aromatic heterocycles. The molecule has 112 valence electrons. The van der Waals surface area contributed by atoms with Crippen LogP contribution in [0.25, 0.3) is 0 Å². The maximum atomic E-state index is 11.8. The number of rotatable bonds is 5. The van der Waals surface area contributed by atoms with Gasteiger partial charge in [-0.25, -0.2) is 4.79 Å². The highest BCUT2D eigenvalue weighted by atomic mass is 32.2. The standard InChI is InChI=1S/C14H16N2O4S/c1-9-8-10(2-3-11(9)13(18)19)15-12(17)4-5-16-6-7-21-14(16)20/h2-3,8H,4-7H2,1H3,(H,15,17)(H,18,19). The van der Waals surface area contributed by atoms with E-state index >= 15 is 0 Å². The summed E-state index contributed by atoms with van der Waals surface area (Å²) in [6.07, 6.45) is 0.228. The van der Waals surface area contributed by atoms with Gasteiger partial charge in [-0.05, 0) is 30.7 Å². The first-order valence-corrected chi connectivity index (χ1v) is 7.51. The predicted octanol–water partition coefficient (Wildman–Crippen LogP) is 2.19. The fourth-order valence-corrected chi connectivity index (χ4v) is 2.92. The molecule has 0 atom stereocenters. The van der Waals surface area contributed by atoms with Crippen LogP contribution in [-0.2, 0) is 4.79 Å². The number of aromatic carboxylic acids is 1. The summed E-state index contributed by atoms with van der Waals surface area (Å²) in [6.45, 7) is 2.77. The molecule has 0 spiro atoms. The molecule has 2 N–H and O–H groups in total. The van der Waals surface area contributed by atoms with Gasteiger partial charge in [-0.2, -0.15) is 0 Å². The molecule has 1 aliphatic rings. The van der Waals surface area contributed by atoms with Crippen molar-refractivity contribution in [1.29, 1.82) is 0 Å². The predicted molar refractivity (Wildman–Crippen MR) is 80.8 cm³/mol. The number of carbonyl (C=O) groups is 3. The Balaban J connectivity index is 1.89. The first-order valence-electron chi connectivity index (χ1n) is 6.53. The van der Waals surface area contributed by atoms with Crippen molar-refractivity contribution in [3.63, 3.8) is 0 Å². The van der Waals surface area contributed by atoms with E-state index in [4.69, 9.17) is 5.11 Å². The highest BCUT2D eigenvalue weighted by Gasteiger charge is 2.21. The maximum Gasteiger partial charge on any atom is 0.335 e. The number of nitrogens with one attached hydrogen (secondary N) is 1. The van der Waals surface area contributed by atoms with Gasteiger partial charge in [0.25, 0.3) is 5.24 Å².